The van der Waals surface area contributed by atoms with Gasteiger partial charge in [-0.15, -0.1) is 0 Å². The van der Waals surface area contributed by atoms with E-state index in [1.165, 1.54) is 36.9 Å². The number of nitrogen functional groups attached to an aromatic ring is 1. The summed E-state index contributed by atoms with van der Waals surface area (Å²) in [5, 5.41) is 0. The van der Waals surface area contributed by atoms with Crippen molar-refractivity contribution in [3.8, 4) is 0 Å². The third-order valence-corrected chi connectivity index (χ3v) is 3.60. The van der Waals surface area contributed by atoms with Gasteiger partial charge in [0.1, 0.15) is 0 Å². The second-order valence-corrected chi connectivity index (χ2v) is 5.09. The van der Waals surface area contributed by atoms with Crippen molar-refractivity contribution in [2.24, 2.45) is 5.92 Å². The summed E-state index contributed by atoms with van der Waals surface area (Å²) in [6.07, 6.45) is 5.58. The van der Waals surface area contributed by atoms with Gasteiger partial charge in [-0.25, -0.2) is 0 Å². The van der Waals surface area contributed by atoms with Gasteiger partial charge in [-0.3, -0.25) is 0 Å². The van der Waals surface area contributed by atoms with Gasteiger partial charge < -0.3 is 10.6 Å². The average molecular weight is 218 g/mol. The first kappa shape index (κ1) is 11.3. The third-order valence-electron chi connectivity index (χ3n) is 3.60. The molecule has 0 aromatic heterocycles. The van der Waals surface area contributed by atoms with E-state index in [0.717, 1.165) is 18.2 Å². The van der Waals surface area contributed by atoms with Crippen LogP contribution in [0, 0.1) is 12.8 Å². The zero-order valence-corrected chi connectivity index (χ0v) is 10.4. The molecule has 0 spiro atoms. The fourth-order valence-electron chi connectivity index (χ4n) is 2.66. The Bertz CT molecular complexity index is 354. The van der Waals surface area contributed by atoms with E-state index in [0.29, 0.717) is 0 Å². The number of hydrogen-bond donors (Lipinski definition) is 1. The van der Waals surface area contributed by atoms with Crippen LogP contribution in [0.5, 0.6) is 0 Å². The molecular formula is C14H22N2. The Balaban J connectivity index is 2.07. The van der Waals surface area contributed by atoms with Crippen LogP contribution in [0.15, 0.2) is 18.2 Å². The smallest absolute Gasteiger partial charge is 0.0600 e. The summed E-state index contributed by atoms with van der Waals surface area (Å²) in [6.45, 7) is 3.26. The van der Waals surface area contributed by atoms with Gasteiger partial charge in [-0.2, -0.15) is 0 Å². The predicted octanol–water partition coefficient (Wildman–Crippen LogP) is 3.20. The van der Waals surface area contributed by atoms with Crippen LogP contribution in [0.2, 0.25) is 0 Å². The number of aryl methyl sites for hydroxylation is 1. The Morgan fingerprint density at radius 3 is 2.69 bits per heavy atom. The molecule has 0 amide bonds. The van der Waals surface area contributed by atoms with Crippen LogP contribution in [0.25, 0.3) is 0 Å². The fraction of sp³-hybridized carbons (Fsp3) is 0.571. The van der Waals surface area contributed by atoms with Crippen LogP contribution in [0.1, 0.15) is 31.2 Å². The van der Waals surface area contributed by atoms with E-state index >= 15 is 0 Å². The molecule has 1 aliphatic rings. The van der Waals surface area contributed by atoms with Gasteiger partial charge in [0.25, 0.3) is 0 Å². The first-order chi connectivity index (χ1) is 7.66. The predicted molar refractivity (Wildman–Crippen MR) is 70.8 cm³/mol. The van der Waals surface area contributed by atoms with E-state index in [9.17, 15) is 0 Å². The molecule has 2 rings (SSSR count). The van der Waals surface area contributed by atoms with E-state index < -0.39 is 0 Å². The number of benzene rings is 1. The van der Waals surface area contributed by atoms with Crippen LogP contribution >= 0.6 is 0 Å². The molecule has 0 aliphatic heterocycles. The Kier molecular flexibility index (Phi) is 3.37. The monoisotopic (exact) mass is 218 g/mol. The van der Waals surface area contributed by atoms with Crippen molar-refractivity contribution in [1.29, 1.82) is 0 Å². The van der Waals surface area contributed by atoms with Crippen molar-refractivity contribution < 1.29 is 0 Å². The lowest BCUT2D eigenvalue weighted by molar-refractivity contribution is 0.547. The second kappa shape index (κ2) is 4.77. The fourth-order valence-corrected chi connectivity index (χ4v) is 2.66. The molecule has 0 atom stereocenters. The maximum absolute atomic E-state index is 6.02. The molecule has 88 valence electrons. The minimum absolute atomic E-state index is 0.866. The molecular weight excluding hydrogens is 196 g/mol. The first-order valence-corrected chi connectivity index (χ1v) is 6.24. The molecule has 0 radical (unpaired) electrons. The lowest BCUT2D eigenvalue weighted by atomic mass is 10.1. The Hall–Kier alpha value is -1.18. The average Bonchev–Trinajstić information content (AvgIpc) is 2.74. The maximum Gasteiger partial charge on any atom is 0.0600 e. The van der Waals surface area contributed by atoms with E-state index in [-0.39, 0.29) is 0 Å². The number of rotatable bonds is 3. The summed E-state index contributed by atoms with van der Waals surface area (Å²) in [5.41, 5.74) is 9.38. The summed E-state index contributed by atoms with van der Waals surface area (Å²) < 4.78 is 0. The van der Waals surface area contributed by atoms with Crippen molar-refractivity contribution in [3.63, 3.8) is 0 Å². The zero-order chi connectivity index (χ0) is 11.5. The lowest BCUT2D eigenvalue weighted by Crippen LogP contribution is -2.24. The van der Waals surface area contributed by atoms with Crippen LogP contribution in [0.4, 0.5) is 11.4 Å². The van der Waals surface area contributed by atoms with Crippen molar-refractivity contribution in [3.05, 3.63) is 23.8 Å². The minimum Gasteiger partial charge on any atom is -0.397 e. The van der Waals surface area contributed by atoms with E-state index in [4.69, 9.17) is 5.73 Å². The quantitative estimate of drug-likeness (QED) is 0.789. The topological polar surface area (TPSA) is 29.3 Å². The van der Waals surface area contributed by atoms with Crippen molar-refractivity contribution in [1.82, 2.24) is 0 Å². The normalized spacial score (nSPS) is 16.6. The first-order valence-electron chi connectivity index (χ1n) is 6.24. The molecule has 1 aliphatic carbocycles. The largest absolute Gasteiger partial charge is 0.397 e. The van der Waals surface area contributed by atoms with Gasteiger partial charge in [-0.1, -0.05) is 18.9 Å². The highest BCUT2D eigenvalue weighted by Gasteiger charge is 2.17. The molecule has 0 bridgehead atoms. The summed E-state index contributed by atoms with van der Waals surface area (Å²) in [5.74, 6) is 0.866. The number of anilines is 2. The molecule has 16 heavy (non-hydrogen) atoms. The maximum atomic E-state index is 6.02. The molecule has 1 aromatic rings. The second-order valence-electron chi connectivity index (χ2n) is 5.09. The highest BCUT2D eigenvalue weighted by molar-refractivity contribution is 5.68. The van der Waals surface area contributed by atoms with E-state index in [2.05, 4.69) is 31.0 Å². The van der Waals surface area contributed by atoms with Crippen LogP contribution in [-0.2, 0) is 0 Å². The van der Waals surface area contributed by atoms with Crippen molar-refractivity contribution >= 4 is 11.4 Å². The SMILES string of the molecule is Cc1ccc(N)c(N(C)CC2CCCC2)c1. The van der Waals surface area contributed by atoms with Gasteiger partial charge in [-0.05, 0) is 43.4 Å². The molecule has 1 fully saturated rings. The standard InChI is InChI=1S/C14H22N2/c1-11-7-8-13(15)14(9-11)16(2)10-12-5-3-4-6-12/h7-9,12H,3-6,10,15H2,1-2H3. The minimum atomic E-state index is 0.866. The molecule has 0 unspecified atom stereocenters. The third kappa shape index (κ3) is 2.49. The van der Waals surface area contributed by atoms with Gasteiger partial charge in [0, 0.05) is 13.6 Å². The summed E-state index contributed by atoms with van der Waals surface area (Å²) >= 11 is 0. The molecule has 1 saturated carbocycles. The Labute approximate surface area is 98.4 Å². The number of nitrogens with two attached hydrogens (primary N) is 1. The van der Waals surface area contributed by atoms with Gasteiger partial charge in [0.2, 0.25) is 0 Å². The van der Waals surface area contributed by atoms with Crippen LogP contribution in [-0.4, -0.2) is 13.6 Å². The zero-order valence-electron chi connectivity index (χ0n) is 10.4. The van der Waals surface area contributed by atoms with Crippen molar-refractivity contribution in [2.75, 3.05) is 24.2 Å². The molecule has 0 heterocycles. The van der Waals surface area contributed by atoms with Crippen LogP contribution < -0.4 is 10.6 Å². The molecule has 2 heteroatoms. The molecule has 2 nitrogen and oxygen atoms in total. The lowest BCUT2D eigenvalue weighted by Gasteiger charge is -2.24. The molecule has 2 N–H and O–H groups in total. The van der Waals surface area contributed by atoms with Crippen LogP contribution in [0.3, 0.4) is 0 Å². The van der Waals surface area contributed by atoms with E-state index in [1.54, 1.807) is 0 Å². The Morgan fingerprint density at radius 1 is 1.31 bits per heavy atom. The van der Waals surface area contributed by atoms with Gasteiger partial charge >= 0.3 is 0 Å². The molecule has 0 saturated heterocycles. The van der Waals surface area contributed by atoms with Crippen molar-refractivity contribution in [2.45, 2.75) is 32.6 Å². The summed E-state index contributed by atoms with van der Waals surface area (Å²) in [7, 11) is 2.16. The summed E-state index contributed by atoms with van der Waals surface area (Å²) in [4.78, 5) is 2.32. The molecule has 1 aromatic carbocycles. The van der Waals surface area contributed by atoms with Gasteiger partial charge in [0.15, 0.2) is 0 Å². The summed E-state index contributed by atoms with van der Waals surface area (Å²) in [6, 6.07) is 6.27. The number of hydrogen-bond acceptors (Lipinski definition) is 2. The van der Waals surface area contributed by atoms with Gasteiger partial charge in [0.05, 0.1) is 11.4 Å². The highest BCUT2D eigenvalue weighted by atomic mass is 15.1. The number of nitrogens with zero attached hydrogens (tertiary/aromatic N) is 1. The Morgan fingerprint density at radius 2 is 2.00 bits per heavy atom. The van der Waals surface area contributed by atoms with E-state index in [1.807, 2.05) is 6.07 Å². The highest BCUT2D eigenvalue weighted by Crippen LogP contribution is 2.29.